The molecule has 0 aliphatic carbocycles. The molecule has 5 nitrogen and oxygen atoms in total. The quantitative estimate of drug-likeness (QED) is 0.224. The van der Waals surface area contributed by atoms with Crippen molar-refractivity contribution in [3.63, 3.8) is 0 Å². The van der Waals surface area contributed by atoms with Crippen LogP contribution in [0.15, 0.2) is 102 Å². The van der Waals surface area contributed by atoms with E-state index in [1.165, 1.54) is 0 Å². The van der Waals surface area contributed by atoms with Crippen LogP contribution in [0, 0.1) is 6.92 Å². The Morgan fingerprint density at radius 3 is 2.42 bits per heavy atom. The first-order valence-electron chi connectivity index (χ1n) is 11.8. The van der Waals surface area contributed by atoms with E-state index in [4.69, 9.17) is 26.2 Å². The fourth-order valence-electron chi connectivity index (χ4n) is 4.63. The summed E-state index contributed by atoms with van der Waals surface area (Å²) in [7, 11) is 0. The van der Waals surface area contributed by atoms with Crippen LogP contribution in [0.1, 0.15) is 51.3 Å². The van der Waals surface area contributed by atoms with Gasteiger partial charge in [-0.1, -0.05) is 59.6 Å². The average molecular weight is 495 g/mol. The van der Waals surface area contributed by atoms with Crippen LogP contribution in [0.3, 0.4) is 0 Å². The number of fused-ring (bicyclic) bond motifs is 3. The normalized spacial score (nSPS) is 18.1. The largest absolute Gasteiger partial charge is 0.464 e. The molecule has 2 atom stereocenters. The number of hydrazone groups is 1. The van der Waals surface area contributed by atoms with Crippen LogP contribution in [-0.4, -0.2) is 16.7 Å². The van der Waals surface area contributed by atoms with E-state index >= 15 is 0 Å². The van der Waals surface area contributed by atoms with Crippen molar-refractivity contribution in [1.82, 2.24) is 5.01 Å². The van der Waals surface area contributed by atoms with Crippen molar-refractivity contribution in [2.24, 2.45) is 5.10 Å². The molecule has 4 aromatic carbocycles. The van der Waals surface area contributed by atoms with Gasteiger partial charge in [0.15, 0.2) is 0 Å². The van der Waals surface area contributed by atoms with Crippen LogP contribution < -0.4 is 9.47 Å². The molecule has 0 aromatic heterocycles. The highest BCUT2D eigenvalue weighted by molar-refractivity contribution is 6.30. The fraction of sp³-hybridized carbons (Fsp3) is 0.133. The summed E-state index contributed by atoms with van der Waals surface area (Å²) >= 11 is 6.09. The average Bonchev–Trinajstić information content (AvgIpc) is 3.35. The number of para-hydroxylation sites is 1. The third-order valence-corrected chi connectivity index (χ3v) is 6.79. The third-order valence-electron chi connectivity index (χ3n) is 6.54. The number of halogens is 1. The molecule has 0 saturated heterocycles. The SMILES string of the molecule is Cc1ccc(C(=O)Oc2ccc(C3Oc4ccccc4C4CC(c5ccc(Cl)cc5)=NN43)cc2)cc1. The lowest BCUT2D eigenvalue weighted by Gasteiger charge is -2.38. The molecule has 2 unspecified atom stereocenters. The second-order valence-corrected chi connectivity index (χ2v) is 9.42. The summed E-state index contributed by atoms with van der Waals surface area (Å²) < 4.78 is 12.0. The molecule has 2 aliphatic rings. The van der Waals surface area contributed by atoms with Crippen LogP contribution in [-0.2, 0) is 0 Å². The highest BCUT2D eigenvalue weighted by Crippen LogP contribution is 2.47. The standard InChI is InChI=1S/C30H23ClN2O3/c1-19-6-8-22(9-7-19)30(34)35-24-16-12-21(13-17-24)29-33-27(25-4-2-3-5-28(25)36-29)18-26(32-33)20-10-14-23(31)15-11-20/h2-17,27,29H,18H2,1H3. The van der Waals surface area contributed by atoms with Crippen molar-refractivity contribution >= 4 is 23.3 Å². The molecule has 0 spiro atoms. The summed E-state index contributed by atoms with van der Waals surface area (Å²) in [5.41, 5.74) is 5.68. The number of aryl methyl sites for hydroxylation is 1. The Hall–Kier alpha value is -4.09. The smallest absolute Gasteiger partial charge is 0.343 e. The third kappa shape index (κ3) is 4.23. The first-order chi connectivity index (χ1) is 17.5. The van der Waals surface area contributed by atoms with Gasteiger partial charge >= 0.3 is 5.97 Å². The van der Waals surface area contributed by atoms with Gasteiger partial charge in [0.25, 0.3) is 0 Å². The number of hydrogen-bond acceptors (Lipinski definition) is 5. The van der Waals surface area contributed by atoms with Gasteiger partial charge in [-0.15, -0.1) is 0 Å². The Morgan fingerprint density at radius 1 is 0.944 bits per heavy atom. The van der Waals surface area contributed by atoms with Crippen molar-refractivity contribution in [2.45, 2.75) is 25.6 Å². The van der Waals surface area contributed by atoms with Crippen molar-refractivity contribution in [3.8, 4) is 11.5 Å². The van der Waals surface area contributed by atoms with E-state index in [0.717, 1.165) is 40.1 Å². The van der Waals surface area contributed by atoms with E-state index in [1.807, 2.05) is 78.7 Å². The molecule has 178 valence electrons. The van der Waals surface area contributed by atoms with Crippen molar-refractivity contribution in [1.29, 1.82) is 0 Å². The Kier molecular flexibility index (Phi) is 5.70. The van der Waals surface area contributed by atoms with Gasteiger partial charge in [-0.3, -0.25) is 0 Å². The number of hydrogen-bond donors (Lipinski definition) is 0. The summed E-state index contributed by atoms with van der Waals surface area (Å²) in [5, 5.41) is 7.71. The van der Waals surface area contributed by atoms with E-state index in [9.17, 15) is 4.79 Å². The van der Waals surface area contributed by atoms with Crippen molar-refractivity contribution < 1.29 is 14.3 Å². The van der Waals surface area contributed by atoms with Gasteiger partial charge in [-0.25, -0.2) is 9.80 Å². The molecule has 0 N–H and O–H groups in total. The summed E-state index contributed by atoms with van der Waals surface area (Å²) in [4.78, 5) is 12.5. The van der Waals surface area contributed by atoms with Crippen LogP contribution in [0.5, 0.6) is 11.5 Å². The molecule has 0 amide bonds. The van der Waals surface area contributed by atoms with E-state index in [1.54, 1.807) is 24.3 Å². The van der Waals surface area contributed by atoms with Gasteiger partial charge in [0.1, 0.15) is 11.5 Å². The molecule has 2 heterocycles. The van der Waals surface area contributed by atoms with Crippen LogP contribution >= 0.6 is 11.6 Å². The van der Waals surface area contributed by atoms with E-state index in [2.05, 4.69) is 6.07 Å². The van der Waals surface area contributed by atoms with Gasteiger partial charge in [0.2, 0.25) is 6.23 Å². The Morgan fingerprint density at radius 2 is 1.67 bits per heavy atom. The Labute approximate surface area is 214 Å². The maximum absolute atomic E-state index is 12.5. The Balaban J connectivity index is 1.28. The molecule has 6 heteroatoms. The number of esters is 1. The molecule has 2 aliphatic heterocycles. The maximum atomic E-state index is 12.5. The van der Waals surface area contributed by atoms with Crippen LogP contribution in [0.25, 0.3) is 0 Å². The van der Waals surface area contributed by atoms with Gasteiger partial charge in [-0.2, -0.15) is 5.10 Å². The molecule has 4 aromatic rings. The number of nitrogens with zero attached hydrogens (tertiary/aromatic N) is 2. The zero-order valence-electron chi connectivity index (χ0n) is 19.6. The monoisotopic (exact) mass is 494 g/mol. The summed E-state index contributed by atoms with van der Waals surface area (Å²) in [6.07, 6.45) is 0.363. The zero-order chi connectivity index (χ0) is 24.6. The summed E-state index contributed by atoms with van der Waals surface area (Å²) in [6.45, 7) is 1.98. The minimum atomic E-state index is -0.406. The molecule has 0 saturated carbocycles. The second-order valence-electron chi connectivity index (χ2n) is 8.99. The maximum Gasteiger partial charge on any atom is 0.343 e. The highest BCUT2D eigenvalue weighted by Gasteiger charge is 2.40. The predicted molar refractivity (Wildman–Crippen MR) is 140 cm³/mol. The van der Waals surface area contributed by atoms with Gasteiger partial charge < -0.3 is 9.47 Å². The minimum Gasteiger partial charge on any atom is -0.464 e. The number of carbonyl (C=O) groups is 1. The minimum absolute atomic E-state index is 0.0599. The number of benzene rings is 4. The van der Waals surface area contributed by atoms with Gasteiger partial charge in [0.05, 0.1) is 17.3 Å². The lowest BCUT2D eigenvalue weighted by molar-refractivity contribution is -0.0190. The molecule has 0 fully saturated rings. The molecule has 0 bridgehead atoms. The predicted octanol–water partition coefficient (Wildman–Crippen LogP) is 7.11. The van der Waals surface area contributed by atoms with Gasteiger partial charge in [0, 0.05) is 22.6 Å². The van der Waals surface area contributed by atoms with Crippen molar-refractivity contribution in [2.75, 3.05) is 0 Å². The summed E-state index contributed by atoms with van der Waals surface area (Å²) in [5.74, 6) is 0.942. The lowest BCUT2D eigenvalue weighted by Crippen LogP contribution is -2.33. The summed E-state index contributed by atoms with van der Waals surface area (Å²) in [6, 6.07) is 30.7. The molecular formula is C30H23ClN2O3. The zero-order valence-corrected chi connectivity index (χ0v) is 20.4. The van der Waals surface area contributed by atoms with Crippen molar-refractivity contribution in [3.05, 3.63) is 130 Å². The number of carbonyl (C=O) groups excluding carboxylic acids is 1. The first-order valence-corrected chi connectivity index (χ1v) is 12.2. The van der Waals surface area contributed by atoms with Gasteiger partial charge in [-0.05, 0) is 67.1 Å². The number of ether oxygens (including phenoxy) is 2. The van der Waals surface area contributed by atoms with E-state index < -0.39 is 6.23 Å². The molecule has 0 radical (unpaired) electrons. The second kappa shape index (κ2) is 9.17. The van der Waals surface area contributed by atoms with Crippen LogP contribution in [0.4, 0.5) is 0 Å². The molecular weight excluding hydrogens is 472 g/mol. The first kappa shape index (κ1) is 22.4. The van der Waals surface area contributed by atoms with E-state index in [0.29, 0.717) is 16.3 Å². The van der Waals surface area contributed by atoms with E-state index in [-0.39, 0.29) is 12.0 Å². The molecule has 6 rings (SSSR count). The Bertz CT molecular complexity index is 1450. The topological polar surface area (TPSA) is 51.1 Å². The molecule has 36 heavy (non-hydrogen) atoms. The lowest BCUT2D eigenvalue weighted by atomic mass is 9.96. The van der Waals surface area contributed by atoms with Crippen LogP contribution in [0.2, 0.25) is 5.02 Å². The number of rotatable bonds is 4. The highest BCUT2D eigenvalue weighted by atomic mass is 35.5. The fourth-order valence-corrected chi connectivity index (χ4v) is 4.75.